The van der Waals surface area contributed by atoms with Gasteiger partial charge in [-0.15, -0.1) is 10.2 Å². The summed E-state index contributed by atoms with van der Waals surface area (Å²) in [5.41, 5.74) is 1.20. The normalized spacial score (nSPS) is 19.3. The van der Waals surface area contributed by atoms with Crippen molar-refractivity contribution in [1.29, 1.82) is 0 Å². The maximum absolute atomic E-state index is 13.1. The van der Waals surface area contributed by atoms with Gasteiger partial charge in [0, 0.05) is 5.75 Å². The van der Waals surface area contributed by atoms with Gasteiger partial charge >= 0.3 is 0 Å². The first-order valence-corrected chi connectivity index (χ1v) is 9.25. The second kappa shape index (κ2) is 8.61. The molecular formula is C16H19FN4O6S. The molecule has 3 rings (SSSR count). The molecule has 1 aromatic heterocycles. The molecule has 152 valence electrons. The van der Waals surface area contributed by atoms with Crippen molar-refractivity contribution in [2.75, 3.05) is 12.4 Å². The number of aliphatic hydroxyl groups excluding tert-OH is 6. The quantitative estimate of drug-likeness (QED) is 0.308. The van der Waals surface area contributed by atoms with Crippen LogP contribution in [0.25, 0.3) is 0 Å². The Morgan fingerprint density at radius 1 is 1.00 bits per heavy atom. The van der Waals surface area contributed by atoms with Crippen molar-refractivity contribution in [3.63, 3.8) is 0 Å². The second-order valence-electron chi connectivity index (χ2n) is 6.16. The lowest BCUT2D eigenvalue weighted by atomic mass is 9.99. The number of aromatic nitrogens is 3. The van der Waals surface area contributed by atoms with E-state index in [9.17, 15) is 29.9 Å². The van der Waals surface area contributed by atoms with E-state index in [0.29, 0.717) is 22.2 Å². The van der Waals surface area contributed by atoms with E-state index in [1.54, 1.807) is 12.1 Å². The molecule has 0 aliphatic carbocycles. The number of aliphatic hydroxyl groups is 6. The lowest BCUT2D eigenvalue weighted by Gasteiger charge is -2.28. The molecule has 0 bridgehead atoms. The number of hydrogen-bond donors (Lipinski definition) is 6. The molecule has 0 amide bonds. The van der Waals surface area contributed by atoms with E-state index in [-0.39, 0.29) is 5.82 Å². The largest absolute Gasteiger partial charge is 0.394 e. The van der Waals surface area contributed by atoms with Crippen LogP contribution in [-0.2, 0) is 0 Å². The zero-order valence-electron chi connectivity index (χ0n) is 14.4. The Balaban J connectivity index is 1.86. The monoisotopic (exact) mass is 414 g/mol. The van der Waals surface area contributed by atoms with Gasteiger partial charge in [0.1, 0.15) is 36.3 Å². The predicted molar refractivity (Wildman–Crippen MR) is 95.2 cm³/mol. The Morgan fingerprint density at radius 3 is 2.32 bits per heavy atom. The van der Waals surface area contributed by atoms with E-state index in [4.69, 9.17) is 5.11 Å². The van der Waals surface area contributed by atoms with E-state index in [0.717, 1.165) is 0 Å². The van der Waals surface area contributed by atoms with Gasteiger partial charge in [-0.2, -0.15) is 9.78 Å². The van der Waals surface area contributed by atoms with Crippen molar-refractivity contribution in [1.82, 2.24) is 14.9 Å². The minimum atomic E-state index is -1.97. The topological polar surface area (TPSA) is 164 Å². The summed E-state index contributed by atoms with van der Waals surface area (Å²) in [7, 11) is 0. The van der Waals surface area contributed by atoms with Crippen LogP contribution in [0.4, 0.5) is 4.39 Å². The summed E-state index contributed by atoms with van der Waals surface area (Å²) in [6.07, 6.45) is -9.31. The van der Waals surface area contributed by atoms with Crippen LogP contribution >= 0.6 is 11.8 Å². The summed E-state index contributed by atoms with van der Waals surface area (Å²) in [6.45, 7) is -0.844. The van der Waals surface area contributed by atoms with Gasteiger partial charge in [0.25, 0.3) is 0 Å². The molecule has 0 unspecified atom stereocenters. The number of benzene rings is 1. The van der Waals surface area contributed by atoms with Crippen LogP contribution in [0.2, 0.25) is 0 Å². The van der Waals surface area contributed by atoms with Gasteiger partial charge < -0.3 is 30.6 Å². The Kier molecular flexibility index (Phi) is 6.40. The molecule has 0 spiro atoms. The van der Waals surface area contributed by atoms with Crippen LogP contribution in [0.3, 0.4) is 0 Å². The Hall–Kier alpha value is -1.93. The average Bonchev–Trinajstić information content (AvgIpc) is 3.14. The van der Waals surface area contributed by atoms with Crippen LogP contribution in [-0.4, -0.2) is 88.0 Å². The smallest absolute Gasteiger partial charge is 0.212 e. The number of halogens is 1. The SMILES string of the molecule is OC[C@@H](O)[C@@H](O)[C@H](O)[C@@H](O)[C@H](O)c1nnc2n1N=C(c1ccc(F)cc1)CS2. The molecule has 6 N–H and O–H groups in total. The standard InChI is InChI=1S/C16H19FN4O6S/c17-8-3-1-7(2-4-8)9-6-28-16-19-18-15(21(16)20-9)14(27)13(26)12(25)11(24)10(23)5-22/h1-4,10-14,22-27H,5-6H2/t10-,11-,12+,13-,14+/m1/s1. The molecule has 1 aliphatic rings. The summed E-state index contributed by atoms with van der Waals surface area (Å²) in [4.78, 5) is 0. The van der Waals surface area contributed by atoms with Crippen LogP contribution in [0.1, 0.15) is 17.5 Å². The van der Waals surface area contributed by atoms with Gasteiger partial charge in [-0.25, -0.2) is 4.39 Å². The third-order valence-corrected chi connectivity index (χ3v) is 5.17. The first-order chi connectivity index (χ1) is 13.3. The van der Waals surface area contributed by atoms with Crippen molar-refractivity contribution >= 4 is 17.5 Å². The Labute approximate surface area is 162 Å². The highest BCUT2D eigenvalue weighted by molar-refractivity contribution is 7.99. The lowest BCUT2D eigenvalue weighted by molar-refractivity contribution is -0.142. The molecule has 0 radical (unpaired) electrons. The molecule has 0 saturated carbocycles. The molecule has 5 atom stereocenters. The van der Waals surface area contributed by atoms with E-state index in [1.165, 1.54) is 28.6 Å². The van der Waals surface area contributed by atoms with Crippen LogP contribution < -0.4 is 0 Å². The highest BCUT2D eigenvalue weighted by Crippen LogP contribution is 2.28. The van der Waals surface area contributed by atoms with Gasteiger partial charge in [0.15, 0.2) is 5.82 Å². The molecule has 1 aliphatic heterocycles. The fourth-order valence-electron chi connectivity index (χ4n) is 2.59. The molecule has 28 heavy (non-hydrogen) atoms. The molecule has 2 aromatic rings. The van der Waals surface area contributed by atoms with Gasteiger partial charge in [-0.05, 0) is 17.7 Å². The molecule has 0 fully saturated rings. The summed E-state index contributed by atoms with van der Waals surface area (Å²) in [6, 6.07) is 5.67. The van der Waals surface area contributed by atoms with Gasteiger partial charge in [0.05, 0.1) is 12.3 Å². The third kappa shape index (κ3) is 4.07. The van der Waals surface area contributed by atoms with Crippen LogP contribution in [0, 0.1) is 5.82 Å². The Morgan fingerprint density at radius 2 is 1.68 bits per heavy atom. The molecule has 1 aromatic carbocycles. The molecule has 10 nitrogen and oxygen atoms in total. The van der Waals surface area contributed by atoms with Gasteiger partial charge in [-0.3, -0.25) is 0 Å². The van der Waals surface area contributed by atoms with Crippen molar-refractivity contribution < 1.29 is 35.0 Å². The van der Waals surface area contributed by atoms with E-state index in [1.807, 2.05) is 0 Å². The maximum Gasteiger partial charge on any atom is 0.212 e. The summed E-state index contributed by atoms with van der Waals surface area (Å²) < 4.78 is 14.3. The van der Waals surface area contributed by atoms with Crippen molar-refractivity contribution in [2.24, 2.45) is 5.10 Å². The summed E-state index contributed by atoms with van der Waals surface area (Å²) in [5.74, 6) is -0.166. The van der Waals surface area contributed by atoms with Crippen LogP contribution in [0.15, 0.2) is 34.5 Å². The zero-order chi connectivity index (χ0) is 20.4. The fraction of sp³-hybridized carbons (Fsp3) is 0.438. The highest BCUT2D eigenvalue weighted by atomic mass is 32.2. The van der Waals surface area contributed by atoms with E-state index < -0.39 is 42.9 Å². The number of fused-ring (bicyclic) bond motifs is 1. The number of nitrogens with zero attached hydrogens (tertiary/aromatic N) is 4. The average molecular weight is 414 g/mol. The zero-order valence-corrected chi connectivity index (χ0v) is 15.2. The summed E-state index contributed by atoms with van der Waals surface area (Å²) >= 11 is 1.26. The minimum absolute atomic E-state index is 0.195. The highest BCUT2D eigenvalue weighted by Gasteiger charge is 2.37. The van der Waals surface area contributed by atoms with Crippen LogP contribution in [0.5, 0.6) is 0 Å². The van der Waals surface area contributed by atoms with E-state index in [2.05, 4.69) is 15.3 Å². The Bertz CT molecular complexity index is 848. The molecular weight excluding hydrogens is 395 g/mol. The van der Waals surface area contributed by atoms with Gasteiger partial charge in [0.2, 0.25) is 5.16 Å². The first-order valence-electron chi connectivity index (χ1n) is 8.26. The molecule has 0 saturated heterocycles. The van der Waals surface area contributed by atoms with E-state index >= 15 is 0 Å². The number of hydrogen-bond acceptors (Lipinski definition) is 10. The first kappa shape index (κ1) is 20.8. The van der Waals surface area contributed by atoms with Crippen molar-refractivity contribution in [3.8, 4) is 0 Å². The fourth-order valence-corrected chi connectivity index (χ4v) is 3.43. The summed E-state index contributed by atoms with van der Waals surface area (Å²) in [5, 5.41) is 70.7. The second-order valence-corrected chi connectivity index (χ2v) is 7.10. The van der Waals surface area contributed by atoms with Crippen molar-refractivity contribution in [2.45, 2.75) is 35.7 Å². The predicted octanol–water partition coefficient (Wildman–Crippen LogP) is -1.76. The maximum atomic E-state index is 13.1. The molecule has 12 heteroatoms. The van der Waals surface area contributed by atoms with Crippen molar-refractivity contribution in [3.05, 3.63) is 41.5 Å². The number of rotatable bonds is 7. The molecule has 2 heterocycles. The van der Waals surface area contributed by atoms with Gasteiger partial charge in [-0.1, -0.05) is 23.9 Å². The number of thioether (sulfide) groups is 1. The lowest BCUT2D eigenvalue weighted by Crippen LogP contribution is -2.48. The third-order valence-electron chi connectivity index (χ3n) is 4.24. The minimum Gasteiger partial charge on any atom is -0.394 e.